The van der Waals surface area contributed by atoms with Gasteiger partial charge in [0.15, 0.2) is 5.17 Å². The van der Waals surface area contributed by atoms with E-state index in [9.17, 15) is 0 Å². The molecule has 1 aliphatic heterocycles. The highest BCUT2D eigenvalue weighted by atomic mass is 32.2. The smallest absolute Gasteiger partial charge is 0.156 e. The van der Waals surface area contributed by atoms with Crippen LogP contribution in [0, 0.1) is 5.92 Å². The Bertz CT molecular complexity index is 204. The first-order chi connectivity index (χ1) is 7.08. The van der Waals surface area contributed by atoms with Crippen LogP contribution in [0.1, 0.15) is 20.3 Å². The monoisotopic (exact) mass is 229 g/mol. The van der Waals surface area contributed by atoms with E-state index < -0.39 is 0 Å². The fourth-order valence-electron chi connectivity index (χ4n) is 1.79. The summed E-state index contributed by atoms with van der Waals surface area (Å²) in [5.74, 6) is 1.87. The number of nitrogens with one attached hydrogen (secondary N) is 1. The standard InChI is InChI=1S/C11H23N3S/c1-9(2)7-10(8-14(3)4)13-11-12-5-6-15-11/h9-10H,5-8H2,1-4H3,(H,12,13). The van der Waals surface area contributed by atoms with E-state index in [-0.39, 0.29) is 0 Å². The highest BCUT2D eigenvalue weighted by molar-refractivity contribution is 8.14. The minimum atomic E-state index is 0.532. The van der Waals surface area contributed by atoms with Crippen LogP contribution in [0.5, 0.6) is 0 Å². The molecule has 0 amide bonds. The highest BCUT2D eigenvalue weighted by Crippen LogP contribution is 2.12. The van der Waals surface area contributed by atoms with Crippen molar-refractivity contribution in [3.05, 3.63) is 0 Å². The van der Waals surface area contributed by atoms with Crippen LogP contribution in [0.2, 0.25) is 0 Å². The molecule has 15 heavy (non-hydrogen) atoms. The highest BCUT2D eigenvalue weighted by Gasteiger charge is 2.15. The Kier molecular flexibility index (Phi) is 5.47. The third-order valence-corrected chi connectivity index (χ3v) is 3.16. The molecule has 0 spiro atoms. The van der Waals surface area contributed by atoms with E-state index >= 15 is 0 Å². The summed E-state index contributed by atoms with van der Waals surface area (Å²) in [6, 6.07) is 0.532. The molecule has 4 heteroatoms. The Balaban J connectivity index is 2.40. The minimum Gasteiger partial charge on any atom is -0.361 e. The normalized spacial score (nSPS) is 18.4. The Morgan fingerprint density at radius 1 is 1.47 bits per heavy atom. The lowest BCUT2D eigenvalue weighted by Crippen LogP contribution is -2.41. The van der Waals surface area contributed by atoms with Crippen LogP contribution in [0.25, 0.3) is 0 Å². The molecule has 0 radical (unpaired) electrons. The number of nitrogens with zero attached hydrogens (tertiary/aromatic N) is 2. The Morgan fingerprint density at radius 2 is 2.20 bits per heavy atom. The summed E-state index contributed by atoms with van der Waals surface area (Å²) in [6.07, 6.45) is 1.21. The maximum Gasteiger partial charge on any atom is 0.156 e. The SMILES string of the molecule is CC(C)CC(CN(C)C)NC1=NCCS1. The molecule has 0 aliphatic carbocycles. The first-order valence-corrected chi connectivity index (χ1v) is 6.65. The average Bonchev–Trinajstić information content (AvgIpc) is 2.53. The number of likely N-dealkylation sites (N-methyl/N-ethyl adjacent to an activating group) is 1. The fraction of sp³-hybridized carbons (Fsp3) is 0.909. The van der Waals surface area contributed by atoms with Crippen molar-refractivity contribution in [2.24, 2.45) is 10.9 Å². The predicted octanol–water partition coefficient (Wildman–Crippen LogP) is 1.66. The zero-order valence-corrected chi connectivity index (χ0v) is 11.1. The molecule has 1 heterocycles. The molecule has 0 aromatic carbocycles. The van der Waals surface area contributed by atoms with Crippen LogP contribution in [0.3, 0.4) is 0 Å². The van der Waals surface area contributed by atoms with E-state index in [1.807, 2.05) is 11.8 Å². The Hall–Kier alpha value is -0.220. The molecule has 1 unspecified atom stereocenters. The van der Waals surface area contributed by atoms with E-state index in [0.29, 0.717) is 6.04 Å². The number of hydrogen-bond donors (Lipinski definition) is 1. The van der Waals surface area contributed by atoms with E-state index in [0.717, 1.165) is 29.9 Å². The lowest BCUT2D eigenvalue weighted by Gasteiger charge is -2.24. The quantitative estimate of drug-likeness (QED) is 0.777. The molecular formula is C11H23N3S. The Morgan fingerprint density at radius 3 is 2.67 bits per heavy atom. The summed E-state index contributed by atoms with van der Waals surface area (Å²) in [5, 5.41) is 4.69. The van der Waals surface area contributed by atoms with Crippen LogP contribution in [0.4, 0.5) is 0 Å². The largest absolute Gasteiger partial charge is 0.361 e. The molecule has 3 nitrogen and oxygen atoms in total. The summed E-state index contributed by atoms with van der Waals surface area (Å²) < 4.78 is 0. The molecule has 0 aromatic heterocycles. The second-order valence-electron chi connectivity index (χ2n) is 4.77. The lowest BCUT2D eigenvalue weighted by atomic mass is 10.0. The van der Waals surface area contributed by atoms with Crippen LogP contribution in [-0.4, -0.2) is 49.0 Å². The number of rotatable bonds is 5. The van der Waals surface area contributed by atoms with Crippen molar-refractivity contribution >= 4 is 16.9 Å². The van der Waals surface area contributed by atoms with E-state index in [1.165, 1.54) is 6.42 Å². The van der Waals surface area contributed by atoms with Crippen molar-refractivity contribution in [2.75, 3.05) is 32.9 Å². The van der Waals surface area contributed by atoms with E-state index in [1.54, 1.807) is 0 Å². The molecule has 1 aliphatic rings. The molecule has 0 saturated carbocycles. The summed E-state index contributed by atoms with van der Waals surface area (Å²) in [7, 11) is 4.25. The zero-order chi connectivity index (χ0) is 11.3. The van der Waals surface area contributed by atoms with Gasteiger partial charge in [-0.3, -0.25) is 4.99 Å². The summed E-state index contributed by atoms with van der Waals surface area (Å²) in [5.41, 5.74) is 0. The second-order valence-corrected chi connectivity index (χ2v) is 5.85. The van der Waals surface area contributed by atoms with Crippen LogP contribution >= 0.6 is 11.8 Å². The molecule has 0 saturated heterocycles. The predicted molar refractivity (Wildman–Crippen MR) is 69.7 cm³/mol. The number of thioether (sulfide) groups is 1. The first-order valence-electron chi connectivity index (χ1n) is 5.66. The molecule has 1 rings (SSSR count). The molecule has 1 atom stereocenters. The van der Waals surface area contributed by atoms with Gasteiger partial charge in [0.25, 0.3) is 0 Å². The van der Waals surface area contributed by atoms with Gasteiger partial charge in [-0.15, -0.1) is 0 Å². The van der Waals surface area contributed by atoms with Gasteiger partial charge in [-0.2, -0.15) is 0 Å². The molecular weight excluding hydrogens is 206 g/mol. The van der Waals surface area contributed by atoms with Crippen LogP contribution in [-0.2, 0) is 0 Å². The van der Waals surface area contributed by atoms with Gasteiger partial charge in [0.05, 0.1) is 6.54 Å². The molecule has 0 fully saturated rings. The first kappa shape index (κ1) is 12.8. The Labute approximate surface area is 97.7 Å². The topological polar surface area (TPSA) is 27.6 Å². The van der Waals surface area contributed by atoms with Gasteiger partial charge in [-0.1, -0.05) is 25.6 Å². The number of aliphatic imine (C=N–C) groups is 1. The maximum absolute atomic E-state index is 4.44. The number of amidine groups is 1. The van der Waals surface area contributed by atoms with Gasteiger partial charge in [0.2, 0.25) is 0 Å². The van der Waals surface area contributed by atoms with Gasteiger partial charge >= 0.3 is 0 Å². The molecule has 88 valence electrons. The third-order valence-electron chi connectivity index (χ3n) is 2.25. The van der Waals surface area contributed by atoms with Gasteiger partial charge in [0.1, 0.15) is 0 Å². The zero-order valence-electron chi connectivity index (χ0n) is 10.3. The number of hydrogen-bond acceptors (Lipinski definition) is 4. The van der Waals surface area contributed by atoms with Crippen molar-refractivity contribution in [3.8, 4) is 0 Å². The van der Waals surface area contributed by atoms with Gasteiger partial charge < -0.3 is 10.2 Å². The fourth-order valence-corrected chi connectivity index (χ4v) is 2.59. The lowest BCUT2D eigenvalue weighted by molar-refractivity contribution is 0.329. The van der Waals surface area contributed by atoms with Crippen LogP contribution in [0.15, 0.2) is 4.99 Å². The summed E-state index contributed by atoms with van der Waals surface area (Å²) in [4.78, 5) is 6.68. The van der Waals surface area contributed by atoms with Crippen molar-refractivity contribution in [2.45, 2.75) is 26.3 Å². The van der Waals surface area contributed by atoms with E-state index in [2.05, 4.69) is 43.2 Å². The van der Waals surface area contributed by atoms with Crippen molar-refractivity contribution in [1.82, 2.24) is 10.2 Å². The molecule has 0 aromatic rings. The second kappa shape index (κ2) is 6.38. The minimum absolute atomic E-state index is 0.532. The van der Waals surface area contributed by atoms with Gasteiger partial charge in [-0.25, -0.2) is 0 Å². The van der Waals surface area contributed by atoms with Gasteiger partial charge in [-0.05, 0) is 26.4 Å². The summed E-state index contributed by atoms with van der Waals surface area (Å²) in [6.45, 7) is 6.60. The van der Waals surface area contributed by atoms with Crippen molar-refractivity contribution in [1.29, 1.82) is 0 Å². The third kappa shape index (κ3) is 5.42. The van der Waals surface area contributed by atoms with Crippen LogP contribution < -0.4 is 5.32 Å². The van der Waals surface area contributed by atoms with E-state index in [4.69, 9.17) is 0 Å². The van der Waals surface area contributed by atoms with Crippen molar-refractivity contribution in [3.63, 3.8) is 0 Å². The average molecular weight is 229 g/mol. The molecule has 0 bridgehead atoms. The molecule has 1 N–H and O–H groups in total. The summed E-state index contributed by atoms with van der Waals surface area (Å²) >= 11 is 1.85. The van der Waals surface area contributed by atoms with Gasteiger partial charge in [0, 0.05) is 18.3 Å². The van der Waals surface area contributed by atoms with Crippen molar-refractivity contribution < 1.29 is 0 Å². The maximum atomic E-state index is 4.44.